The highest BCUT2D eigenvalue weighted by Crippen LogP contribution is 2.16. The van der Waals surface area contributed by atoms with E-state index < -0.39 is 0 Å². The van der Waals surface area contributed by atoms with Crippen molar-refractivity contribution < 1.29 is 9.53 Å². The summed E-state index contributed by atoms with van der Waals surface area (Å²) >= 11 is 0. The molecule has 3 rings (SSSR count). The van der Waals surface area contributed by atoms with Crippen molar-refractivity contribution >= 4 is 23.4 Å². The highest BCUT2D eigenvalue weighted by atomic mass is 16.5. The van der Waals surface area contributed by atoms with Crippen molar-refractivity contribution in [1.29, 1.82) is 0 Å². The lowest BCUT2D eigenvalue weighted by molar-refractivity contribution is -0.123. The van der Waals surface area contributed by atoms with Crippen LogP contribution in [0.4, 0.5) is 17.5 Å². The van der Waals surface area contributed by atoms with Crippen LogP contribution in [0, 0.1) is 13.8 Å². The van der Waals surface area contributed by atoms with E-state index in [0.717, 1.165) is 16.9 Å². The lowest BCUT2D eigenvalue weighted by atomic mass is 10.2. The Morgan fingerprint density at radius 2 is 1.76 bits per heavy atom. The molecule has 0 bridgehead atoms. The van der Waals surface area contributed by atoms with Crippen LogP contribution in [0.2, 0.25) is 0 Å². The van der Waals surface area contributed by atoms with Gasteiger partial charge in [-0.25, -0.2) is 15.0 Å². The van der Waals surface area contributed by atoms with Crippen LogP contribution in [-0.4, -0.2) is 40.6 Å². The number of ether oxygens (including phenoxy) is 1. The molecule has 8 heteroatoms. The van der Waals surface area contributed by atoms with Gasteiger partial charge in [0.25, 0.3) is 5.91 Å². The largest absolute Gasteiger partial charge is 0.484 e. The van der Waals surface area contributed by atoms with E-state index in [9.17, 15) is 4.79 Å². The van der Waals surface area contributed by atoms with E-state index in [1.54, 1.807) is 12.3 Å². The molecule has 0 spiro atoms. The van der Waals surface area contributed by atoms with E-state index in [1.165, 1.54) is 6.33 Å². The summed E-state index contributed by atoms with van der Waals surface area (Å²) in [5, 5.41) is 9.10. The molecule has 0 unspecified atom stereocenters. The third-order valence-corrected chi connectivity index (χ3v) is 4.04. The van der Waals surface area contributed by atoms with Crippen molar-refractivity contribution in [2.45, 2.75) is 13.8 Å². The second-order valence-corrected chi connectivity index (χ2v) is 6.46. The van der Waals surface area contributed by atoms with Gasteiger partial charge in [-0.15, -0.1) is 0 Å². The number of amides is 1. The molecule has 3 N–H and O–H groups in total. The first-order valence-corrected chi connectivity index (χ1v) is 9.31. The van der Waals surface area contributed by atoms with Crippen molar-refractivity contribution in [3.8, 4) is 5.75 Å². The average Bonchev–Trinajstić information content (AvgIpc) is 2.71. The van der Waals surface area contributed by atoms with Gasteiger partial charge in [0.15, 0.2) is 6.61 Å². The van der Waals surface area contributed by atoms with Crippen LogP contribution in [0.25, 0.3) is 0 Å². The number of rotatable bonds is 9. The second-order valence-electron chi connectivity index (χ2n) is 6.46. The molecule has 0 aliphatic rings. The van der Waals surface area contributed by atoms with Gasteiger partial charge in [-0.05, 0) is 43.2 Å². The van der Waals surface area contributed by atoms with Gasteiger partial charge in [0.1, 0.15) is 29.5 Å². The van der Waals surface area contributed by atoms with E-state index in [2.05, 4.69) is 30.9 Å². The fraction of sp³-hybridized carbons (Fsp3) is 0.238. The van der Waals surface area contributed by atoms with Crippen molar-refractivity contribution in [1.82, 2.24) is 20.3 Å². The monoisotopic (exact) mass is 392 g/mol. The number of aryl methyl sites for hydroxylation is 2. The maximum Gasteiger partial charge on any atom is 0.258 e. The number of para-hydroxylation sites is 1. The summed E-state index contributed by atoms with van der Waals surface area (Å²) in [6, 6.07) is 13.2. The molecule has 0 atom stereocenters. The molecule has 0 fully saturated rings. The van der Waals surface area contributed by atoms with Gasteiger partial charge >= 0.3 is 0 Å². The quantitative estimate of drug-likeness (QED) is 0.481. The Morgan fingerprint density at radius 1 is 0.966 bits per heavy atom. The van der Waals surface area contributed by atoms with E-state index in [0.29, 0.717) is 30.5 Å². The van der Waals surface area contributed by atoms with Crippen LogP contribution in [0.1, 0.15) is 11.1 Å². The molecule has 150 valence electrons. The highest BCUT2D eigenvalue weighted by Gasteiger charge is 2.05. The number of benzene rings is 1. The normalized spacial score (nSPS) is 10.3. The minimum absolute atomic E-state index is 0.0179. The van der Waals surface area contributed by atoms with Gasteiger partial charge in [0.2, 0.25) is 0 Å². The van der Waals surface area contributed by atoms with E-state index in [-0.39, 0.29) is 12.5 Å². The molecule has 0 saturated carbocycles. The lowest BCUT2D eigenvalue weighted by Crippen LogP contribution is -2.32. The number of hydrogen-bond acceptors (Lipinski definition) is 7. The summed E-state index contributed by atoms with van der Waals surface area (Å²) in [4.78, 5) is 24.5. The molecule has 0 radical (unpaired) electrons. The fourth-order valence-electron chi connectivity index (χ4n) is 2.56. The second kappa shape index (κ2) is 10.0. The standard InChI is InChI=1S/C21H24N6O2/c1-15-7-8-22-19(11-15)27-20-12-18(25-14-26-20)23-9-10-24-21(28)13-29-17-6-4-3-5-16(17)2/h3-8,11-12,14H,9-10,13H2,1-2H3,(H,24,28)(H2,22,23,25,26,27). The van der Waals surface area contributed by atoms with E-state index in [1.807, 2.05) is 50.2 Å². The average molecular weight is 392 g/mol. The zero-order valence-electron chi connectivity index (χ0n) is 16.5. The van der Waals surface area contributed by atoms with Gasteiger partial charge < -0.3 is 20.7 Å². The van der Waals surface area contributed by atoms with Crippen molar-refractivity contribution in [3.05, 3.63) is 66.1 Å². The summed E-state index contributed by atoms with van der Waals surface area (Å²) < 4.78 is 5.53. The predicted octanol–water partition coefficient (Wildman–Crippen LogP) is 2.84. The van der Waals surface area contributed by atoms with Crippen LogP contribution in [-0.2, 0) is 4.79 Å². The third-order valence-electron chi connectivity index (χ3n) is 4.04. The first-order valence-electron chi connectivity index (χ1n) is 9.31. The number of anilines is 3. The number of pyridine rings is 1. The SMILES string of the molecule is Cc1ccnc(Nc2cc(NCCNC(=O)COc3ccccc3C)ncn2)c1. The fourth-order valence-corrected chi connectivity index (χ4v) is 2.56. The minimum atomic E-state index is -0.175. The van der Waals surface area contributed by atoms with E-state index >= 15 is 0 Å². The number of carbonyl (C=O) groups excluding carboxylic acids is 1. The molecule has 8 nitrogen and oxygen atoms in total. The summed E-state index contributed by atoms with van der Waals surface area (Å²) in [5.41, 5.74) is 2.10. The Bertz CT molecular complexity index is 963. The van der Waals surface area contributed by atoms with Crippen LogP contribution in [0.3, 0.4) is 0 Å². The Labute approximate surface area is 169 Å². The number of carbonyl (C=O) groups is 1. The van der Waals surface area contributed by atoms with Gasteiger partial charge in [0.05, 0.1) is 0 Å². The van der Waals surface area contributed by atoms with Crippen LogP contribution >= 0.6 is 0 Å². The van der Waals surface area contributed by atoms with Gasteiger partial charge in [-0.1, -0.05) is 18.2 Å². The van der Waals surface area contributed by atoms with Crippen LogP contribution in [0.5, 0.6) is 5.75 Å². The van der Waals surface area contributed by atoms with Gasteiger partial charge in [-0.3, -0.25) is 4.79 Å². The molecule has 29 heavy (non-hydrogen) atoms. The zero-order chi connectivity index (χ0) is 20.5. The number of nitrogens with one attached hydrogen (secondary N) is 3. The third kappa shape index (κ3) is 6.46. The molecule has 0 saturated heterocycles. The molecular formula is C21H24N6O2. The molecule has 1 aromatic carbocycles. The zero-order valence-corrected chi connectivity index (χ0v) is 16.5. The number of hydrogen-bond donors (Lipinski definition) is 3. The summed E-state index contributed by atoms with van der Waals surface area (Å²) in [5.74, 6) is 2.54. The van der Waals surface area contributed by atoms with Crippen LogP contribution in [0.15, 0.2) is 55.0 Å². The smallest absolute Gasteiger partial charge is 0.258 e. The Hall–Kier alpha value is -3.68. The Kier molecular flexibility index (Phi) is 6.94. The summed E-state index contributed by atoms with van der Waals surface area (Å²) in [6.45, 7) is 4.89. The minimum Gasteiger partial charge on any atom is -0.484 e. The first-order chi connectivity index (χ1) is 14.1. The lowest BCUT2D eigenvalue weighted by Gasteiger charge is -2.10. The first kappa shape index (κ1) is 20.1. The maximum absolute atomic E-state index is 11.9. The number of nitrogens with zero attached hydrogens (tertiary/aromatic N) is 3. The number of aromatic nitrogens is 3. The molecule has 0 aliphatic heterocycles. The molecule has 1 amide bonds. The maximum atomic E-state index is 11.9. The molecule has 2 heterocycles. The highest BCUT2D eigenvalue weighted by molar-refractivity contribution is 5.77. The molecule has 2 aromatic heterocycles. The predicted molar refractivity (Wildman–Crippen MR) is 112 cm³/mol. The Morgan fingerprint density at radius 3 is 2.59 bits per heavy atom. The van der Waals surface area contributed by atoms with Crippen LogP contribution < -0.4 is 20.7 Å². The summed E-state index contributed by atoms with van der Waals surface area (Å²) in [7, 11) is 0. The Balaban J connectivity index is 1.40. The van der Waals surface area contributed by atoms with Crippen molar-refractivity contribution in [2.24, 2.45) is 0 Å². The van der Waals surface area contributed by atoms with Gasteiger partial charge in [0, 0.05) is 25.4 Å². The molecule has 0 aliphatic carbocycles. The summed E-state index contributed by atoms with van der Waals surface area (Å²) in [6.07, 6.45) is 3.21. The van der Waals surface area contributed by atoms with Crippen molar-refractivity contribution in [3.63, 3.8) is 0 Å². The van der Waals surface area contributed by atoms with E-state index in [4.69, 9.17) is 4.74 Å². The molecule has 3 aromatic rings. The molecular weight excluding hydrogens is 368 g/mol. The topological polar surface area (TPSA) is 101 Å². The van der Waals surface area contributed by atoms with Crippen molar-refractivity contribution in [2.75, 3.05) is 30.3 Å². The van der Waals surface area contributed by atoms with Gasteiger partial charge in [-0.2, -0.15) is 0 Å².